The van der Waals surface area contributed by atoms with Crippen LogP contribution in [0.5, 0.6) is 0 Å². The van der Waals surface area contributed by atoms with E-state index < -0.39 is 0 Å². The molecule has 3 unspecified atom stereocenters. The summed E-state index contributed by atoms with van der Waals surface area (Å²) in [5.74, 6) is 1.68. The van der Waals surface area contributed by atoms with E-state index in [1.165, 1.54) is 6.42 Å². The van der Waals surface area contributed by atoms with Gasteiger partial charge in [0.25, 0.3) is 0 Å². The normalized spacial score (nSPS) is 33.7. The highest BCUT2D eigenvalue weighted by Gasteiger charge is 2.58. The maximum Gasteiger partial charge on any atom is 0.194 e. The van der Waals surface area contributed by atoms with Gasteiger partial charge in [-0.15, -0.1) is 0 Å². The van der Waals surface area contributed by atoms with Gasteiger partial charge < -0.3 is 19.7 Å². The first-order chi connectivity index (χ1) is 10.9. The van der Waals surface area contributed by atoms with Gasteiger partial charge in [0.2, 0.25) is 0 Å². The number of ether oxygens (including phenoxy) is 2. The Labute approximate surface area is 141 Å². The van der Waals surface area contributed by atoms with E-state index in [1.54, 1.807) is 0 Å². The standard InChI is InChI=1S/C18H35N3O2/c1-7-19-16(21-10-9-14(12-21)13-23-8-2)20-15-11-18(5,22-6)17(15,3)4/h14-15H,7-13H2,1-6H3,(H,19,20). The molecule has 1 saturated carbocycles. The molecule has 1 heterocycles. The van der Waals surface area contributed by atoms with Gasteiger partial charge in [-0.3, -0.25) is 4.99 Å². The number of likely N-dealkylation sites (tertiary alicyclic amines) is 1. The van der Waals surface area contributed by atoms with Crippen LogP contribution < -0.4 is 5.32 Å². The third-order valence-electron chi connectivity index (χ3n) is 6.03. The van der Waals surface area contributed by atoms with E-state index in [4.69, 9.17) is 14.5 Å². The lowest BCUT2D eigenvalue weighted by Crippen LogP contribution is -2.69. The van der Waals surface area contributed by atoms with Crippen molar-refractivity contribution < 1.29 is 9.47 Å². The van der Waals surface area contributed by atoms with Crippen molar-refractivity contribution in [3.05, 3.63) is 0 Å². The van der Waals surface area contributed by atoms with E-state index in [9.17, 15) is 0 Å². The van der Waals surface area contributed by atoms with Crippen molar-refractivity contribution in [3.63, 3.8) is 0 Å². The minimum Gasteiger partial charge on any atom is -0.381 e. The third-order valence-corrected chi connectivity index (χ3v) is 6.03. The van der Waals surface area contributed by atoms with Crippen molar-refractivity contribution in [1.82, 2.24) is 10.2 Å². The second kappa shape index (κ2) is 7.39. The largest absolute Gasteiger partial charge is 0.381 e. The average Bonchev–Trinajstić information content (AvgIpc) is 3.00. The fourth-order valence-corrected chi connectivity index (χ4v) is 3.71. The molecule has 1 aliphatic heterocycles. The molecule has 0 bridgehead atoms. The van der Waals surface area contributed by atoms with Gasteiger partial charge in [-0.25, -0.2) is 0 Å². The summed E-state index contributed by atoms with van der Waals surface area (Å²) in [4.78, 5) is 7.13. The van der Waals surface area contributed by atoms with Gasteiger partial charge in [-0.1, -0.05) is 13.8 Å². The highest BCUT2D eigenvalue weighted by molar-refractivity contribution is 5.81. The molecule has 3 atom stereocenters. The Morgan fingerprint density at radius 2 is 2.04 bits per heavy atom. The Kier molecular flexibility index (Phi) is 5.95. The fourth-order valence-electron chi connectivity index (χ4n) is 3.71. The van der Waals surface area contributed by atoms with Crippen LogP contribution in [0.4, 0.5) is 0 Å². The second-order valence-corrected chi connectivity index (χ2v) is 7.62. The molecule has 2 aliphatic rings. The van der Waals surface area contributed by atoms with Crippen molar-refractivity contribution in [2.75, 3.05) is 40.0 Å². The maximum absolute atomic E-state index is 5.74. The number of methoxy groups -OCH3 is 1. The Bertz CT molecular complexity index is 424. The third kappa shape index (κ3) is 3.66. The molecule has 2 fully saturated rings. The zero-order valence-corrected chi connectivity index (χ0v) is 15.8. The van der Waals surface area contributed by atoms with E-state index in [0.717, 1.165) is 45.2 Å². The molecule has 0 spiro atoms. The predicted molar refractivity (Wildman–Crippen MR) is 94.9 cm³/mol. The number of hydrogen-bond donors (Lipinski definition) is 1. The molecule has 0 radical (unpaired) electrons. The van der Waals surface area contributed by atoms with Crippen LogP contribution in [0.2, 0.25) is 0 Å². The van der Waals surface area contributed by atoms with Crippen LogP contribution >= 0.6 is 0 Å². The van der Waals surface area contributed by atoms with Crippen LogP contribution in [0.25, 0.3) is 0 Å². The van der Waals surface area contributed by atoms with Gasteiger partial charge in [-0.05, 0) is 33.6 Å². The summed E-state index contributed by atoms with van der Waals surface area (Å²) in [5.41, 5.74) is 0.0468. The van der Waals surface area contributed by atoms with E-state index in [0.29, 0.717) is 12.0 Å². The molecule has 0 aromatic heterocycles. The average molecular weight is 325 g/mol. The van der Waals surface area contributed by atoms with Crippen LogP contribution in [-0.2, 0) is 9.47 Å². The molecule has 2 rings (SSSR count). The first-order valence-corrected chi connectivity index (χ1v) is 9.06. The van der Waals surface area contributed by atoms with Gasteiger partial charge in [0.15, 0.2) is 5.96 Å². The van der Waals surface area contributed by atoms with Gasteiger partial charge >= 0.3 is 0 Å². The number of guanidine groups is 1. The molecule has 134 valence electrons. The molecule has 5 heteroatoms. The lowest BCUT2D eigenvalue weighted by atomic mass is 9.56. The van der Waals surface area contributed by atoms with Crippen molar-refractivity contribution in [2.45, 2.75) is 59.1 Å². The quantitative estimate of drug-likeness (QED) is 0.602. The van der Waals surface area contributed by atoms with E-state index in [-0.39, 0.29) is 11.0 Å². The summed E-state index contributed by atoms with van der Waals surface area (Å²) < 4.78 is 11.3. The van der Waals surface area contributed by atoms with Crippen LogP contribution in [0.15, 0.2) is 4.99 Å². The smallest absolute Gasteiger partial charge is 0.194 e. The molecule has 1 aliphatic carbocycles. The summed E-state index contributed by atoms with van der Waals surface area (Å²) in [6.45, 7) is 15.5. The summed E-state index contributed by atoms with van der Waals surface area (Å²) in [5, 5.41) is 3.71. The molecular formula is C18H35N3O2. The van der Waals surface area contributed by atoms with E-state index in [2.05, 4.69) is 44.8 Å². The number of rotatable bonds is 6. The van der Waals surface area contributed by atoms with Crippen LogP contribution in [-0.4, -0.2) is 62.5 Å². The molecular weight excluding hydrogens is 290 g/mol. The van der Waals surface area contributed by atoms with E-state index >= 15 is 0 Å². The molecule has 0 aromatic carbocycles. The van der Waals surface area contributed by atoms with Gasteiger partial charge in [0.1, 0.15) is 0 Å². The van der Waals surface area contributed by atoms with Gasteiger partial charge in [0, 0.05) is 50.7 Å². The van der Waals surface area contributed by atoms with Crippen LogP contribution in [0.1, 0.15) is 47.5 Å². The van der Waals surface area contributed by atoms with E-state index in [1.807, 2.05) is 7.11 Å². The van der Waals surface area contributed by atoms with Crippen LogP contribution in [0.3, 0.4) is 0 Å². The molecule has 0 aromatic rings. The highest BCUT2D eigenvalue weighted by atomic mass is 16.5. The fraction of sp³-hybridized carbons (Fsp3) is 0.944. The molecule has 1 N–H and O–H groups in total. The zero-order valence-electron chi connectivity index (χ0n) is 15.8. The number of hydrogen-bond acceptors (Lipinski definition) is 3. The summed E-state index contributed by atoms with van der Waals surface area (Å²) in [6.07, 6.45) is 2.21. The Morgan fingerprint density at radius 3 is 2.61 bits per heavy atom. The predicted octanol–water partition coefficient (Wildman–Crippen LogP) is 2.51. The lowest BCUT2D eigenvalue weighted by molar-refractivity contribution is -0.176. The number of nitrogens with one attached hydrogen (secondary N) is 1. The Balaban J connectivity index is 1.95. The molecule has 23 heavy (non-hydrogen) atoms. The molecule has 1 saturated heterocycles. The summed E-state index contributed by atoms with van der Waals surface area (Å²) >= 11 is 0. The SMILES string of the molecule is CCN=C(NC1CC(C)(OC)C1(C)C)N1CCC(COCC)C1. The first-order valence-electron chi connectivity index (χ1n) is 9.06. The number of aliphatic imine (C=N–C) groups is 1. The first kappa shape index (κ1) is 18.5. The van der Waals surface area contributed by atoms with Crippen molar-refractivity contribution >= 4 is 5.96 Å². The maximum atomic E-state index is 5.74. The Hall–Kier alpha value is -0.810. The molecule has 5 nitrogen and oxygen atoms in total. The summed E-state index contributed by atoms with van der Waals surface area (Å²) in [7, 11) is 1.82. The minimum atomic E-state index is -0.0511. The van der Waals surface area contributed by atoms with Gasteiger partial charge in [-0.2, -0.15) is 0 Å². The summed E-state index contributed by atoms with van der Waals surface area (Å²) in [6, 6.07) is 0.406. The van der Waals surface area contributed by atoms with Crippen molar-refractivity contribution in [1.29, 1.82) is 0 Å². The number of nitrogens with zero attached hydrogens (tertiary/aromatic N) is 2. The van der Waals surface area contributed by atoms with Crippen LogP contribution in [0, 0.1) is 11.3 Å². The Morgan fingerprint density at radius 1 is 1.30 bits per heavy atom. The second-order valence-electron chi connectivity index (χ2n) is 7.62. The highest BCUT2D eigenvalue weighted by Crippen LogP contribution is 2.51. The van der Waals surface area contributed by atoms with Crippen molar-refractivity contribution in [3.8, 4) is 0 Å². The zero-order chi connectivity index (χ0) is 17.1. The van der Waals surface area contributed by atoms with Crippen molar-refractivity contribution in [2.24, 2.45) is 16.3 Å². The minimum absolute atomic E-state index is 0.0511. The topological polar surface area (TPSA) is 46.1 Å². The lowest BCUT2D eigenvalue weighted by Gasteiger charge is -2.59. The monoisotopic (exact) mass is 325 g/mol. The van der Waals surface area contributed by atoms with Gasteiger partial charge in [0.05, 0.1) is 12.2 Å². The molecule has 0 amide bonds.